The molecule has 2 amide bonds. The molecule has 30 heavy (non-hydrogen) atoms. The van der Waals surface area contributed by atoms with E-state index in [4.69, 9.17) is 0 Å². The van der Waals surface area contributed by atoms with Crippen molar-refractivity contribution in [1.82, 2.24) is 24.5 Å². The number of rotatable bonds is 4. The molecule has 2 aliphatic heterocycles. The lowest BCUT2D eigenvalue weighted by molar-refractivity contribution is -0.133. The van der Waals surface area contributed by atoms with Crippen LogP contribution in [0.1, 0.15) is 35.7 Å². The Hall–Kier alpha value is -3.42. The molecule has 4 heterocycles. The van der Waals surface area contributed by atoms with Gasteiger partial charge in [-0.25, -0.2) is 0 Å². The second-order valence-corrected chi connectivity index (χ2v) is 8.10. The lowest BCUT2D eigenvalue weighted by Crippen LogP contribution is -2.42. The summed E-state index contributed by atoms with van der Waals surface area (Å²) < 4.78 is 3.51. The molecule has 1 N–H and O–H groups in total. The Labute approximate surface area is 174 Å². The van der Waals surface area contributed by atoms with Crippen LogP contribution in [0.5, 0.6) is 0 Å². The van der Waals surface area contributed by atoms with Crippen molar-refractivity contribution in [1.29, 1.82) is 0 Å². The predicted molar refractivity (Wildman–Crippen MR) is 111 cm³/mol. The maximum absolute atomic E-state index is 13.3. The molecule has 8 nitrogen and oxygen atoms in total. The largest absolute Gasteiger partial charge is 0.334 e. The fourth-order valence-electron chi connectivity index (χ4n) is 5.03. The summed E-state index contributed by atoms with van der Waals surface area (Å²) in [4.78, 5) is 28.5. The third-order valence-corrected chi connectivity index (χ3v) is 6.46. The molecule has 1 saturated heterocycles. The first-order valence-corrected chi connectivity index (χ1v) is 10.2. The Morgan fingerprint density at radius 1 is 1.23 bits per heavy atom. The summed E-state index contributed by atoms with van der Waals surface area (Å²) in [6, 6.07) is 9.35. The van der Waals surface area contributed by atoms with Gasteiger partial charge in [-0.05, 0) is 30.5 Å². The molecule has 0 radical (unpaired) electrons. The SMILES string of the molecule is Cn1cc([C@@H]2N(C(=O)CCc3ccnn3C)CC[C@]23C(=O)Nc2ccccc23)cn1. The summed E-state index contributed by atoms with van der Waals surface area (Å²) in [6.07, 6.45) is 6.99. The predicted octanol–water partition coefficient (Wildman–Crippen LogP) is 1.95. The van der Waals surface area contributed by atoms with Gasteiger partial charge in [0.15, 0.2) is 0 Å². The first-order valence-electron chi connectivity index (χ1n) is 10.2. The Morgan fingerprint density at radius 2 is 2.07 bits per heavy atom. The number of anilines is 1. The number of para-hydroxylation sites is 1. The highest BCUT2D eigenvalue weighted by Crippen LogP contribution is 2.54. The van der Waals surface area contributed by atoms with Gasteiger partial charge >= 0.3 is 0 Å². The van der Waals surface area contributed by atoms with Gasteiger partial charge in [-0.2, -0.15) is 10.2 Å². The molecule has 1 fully saturated rings. The van der Waals surface area contributed by atoms with Crippen LogP contribution < -0.4 is 5.32 Å². The third-order valence-electron chi connectivity index (χ3n) is 6.46. The molecule has 0 saturated carbocycles. The molecule has 0 bridgehead atoms. The fraction of sp³-hybridized carbons (Fsp3) is 0.364. The number of nitrogens with zero attached hydrogens (tertiary/aromatic N) is 5. The smallest absolute Gasteiger partial charge is 0.237 e. The van der Waals surface area contributed by atoms with Crippen molar-refractivity contribution in [3.63, 3.8) is 0 Å². The maximum atomic E-state index is 13.3. The van der Waals surface area contributed by atoms with Crippen molar-refractivity contribution in [2.75, 3.05) is 11.9 Å². The molecule has 2 atom stereocenters. The zero-order valence-corrected chi connectivity index (χ0v) is 17.1. The number of carbonyl (C=O) groups excluding carboxylic acids is 2. The first-order chi connectivity index (χ1) is 14.5. The van der Waals surface area contributed by atoms with Crippen molar-refractivity contribution in [3.8, 4) is 0 Å². The standard InChI is InChI=1S/C22H24N6O2/c1-26-14-15(13-24-26)20-22(17-5-3-4-6-18(17)25-21(22)30)10-12-28(20)19(29)8-7-16-9-11-23-27(16)2/h3-6,9,11,13-14,20H,7-8,10,12H2,1-2H3,(H,25,30)/t20-,22+/m0/s1. The Morgan fingerprint density at radius 3 is 2.80 bits per heavy atom. The molecular formula is C22H24N6O2. The molecular weight excluding hydrogens is 380 g/mol. The van der Waals surface area contributed by atoms with Gasteiger partial charge in [-0.3, -0.25) is 19.0 Å². The van der Waals surface area contributed by atoms with Gasteiger partial charge in [0.25, 0.3) is 0 Å². The van der Waals surface area contributed by atoms with Gasteiger partial charge in [0.1, 0.15) is 5.41 Å². The van der Waals surface area contributed by atoms with Crippen LogP contribution in [0.4, 0.5) is 5.69 Å². The van der Waals surface area contributed by atoms with Gasteiger partial charge < -0.3 is 10.2 Å². The van der Waals surface area contributed by atoms with E-state index < -0.39 is 5.41 Å². The zero-order valence-electron chi connectivity index (χ0n) is 17.1. The number of fused-ring (bicyclic) bond motifs is 2. The Balaban J connectivity index is 1.52. The summed E-state index contributed by atoms with van der Waals surface area (Å²) >= 11 is 0. The third kappa shape index (κ3) is 2.67. The summed E-state index contributed by atoms with van der Waals surface area (Å²) in [5.74, 6) is -0.00130. The number of likely N-dealkylation sites (tertiary alicyclic amines) is 1. The number of carbonyl (C=O) groups is 2. The van der Waals surface area contributed by atoms with Gasteiger partial charge in [-0.15, -0.1) is 0 Å². The second kappa shape index (κ2) is 6.83. The number of nitrogens with one attached hydrogen (secondary N) is 1. The van der Waals surface area contributed by atoms with Crippen molar-refractivity contribution in [2.24, 2.45) is 14.1 Å². The Bertz CT molecular complexity index is 1130. The number of benzene rings is 1. The molecule has 0 aliphatic carbocycles. The van der Waals surface area contributed by atoms with Gasteiger partial charge in [0, 0.05) is 56.4 Å². The highest BCUT2D eigenvalue weighted by atomic mass is 16.2. The van der Waals surface area contributed by atoms with Crippen LogP contribution in [0, 0.1) is 0 Å². The van der Waals surface area contributed by atoms with Crippen molar-refractivity contribution < 1.29 is 9.59 Å². The van der Waals surface area contributed by atoms with Crippen LogP contribution in [-0.4, -0.2) is 42.8 Å². The van der Waals surface area contributed by atoms with E-state index in [1.807, 2.05) is 55.5 Å². The van der Waals surface area contributed by atoms with Crippen LogP contribution in [0.2, 0.25) is 0 Å². The van der Waals surface area contributed by atoms with Crippen LogP contribution in [0.15, 0.2) is 48.9 Å². The molecule has 8 heteroatoms. The van der Waals surface area contributed by atoms with E-state index in [1.165, 1.54) is 0 Å². The summed E-state index contributed by atoms with van der Waals surface area (Å²) in [6.45, 7) is 0.533. The molecule has 2 aliphatic rings. The van der Waals surface area contributed by atoms with E-state index in [2.05, 4.69) is 15.5 Å². The van der Waals surface area contributed by atoms with Crippen LogP contribution in [0.3, 0.4) is 0 Å². The van der Waals surface area contributed by atoms with Crippen molar-refractivity contribution in [2.45, 2.75) is 30.7 Å². The van der Waals surface area contributed by atoms with Crippen LogP contribution in [-0.2, 0) is 35.5 Å². The summed E-state index contributed by atoms with van der Waals surface area (Å²) in [7, 11) is 3.73. The molecule has 5 rings (SSSR count). The molecule has 0 unspecified atom stereocenters. The summed E-state index contributed by atoms with van der Waals surface area (Å²) in [5.41, 5.74) is 2.91. The van der Waals surface area contributed by atoms with Crippen LogP contribution in [0.25, 0.3) is 0 Å². The number of amides is 2. The Kier molecular flexibility index (Phi) is 4.23. The van der Waals surface area contributed by atoms with Crippen molar-refractivity contribution >= 4 is 17.5 Å². The average Bonchev–Trinajstić information content (AvgIpc) is 3.49. The normalized spacial score (nSPS) is 22.5. The van der Waals surface area contributed by atoms with Gasteiger partial charge in [-0.1, -0.05) is 18.2 Å². The zero-order chi connectivity index (χ0) is 20.9. The topological polar surface area (TPSA) is 85.0 Å². The lowest BCUT2D eigenvalue weighted by Gasteiger charge is -2.33. The van der Waals surface area contributed by atoms with Gasteiger partial charge in [0.2, 0.25) is 11.8 Å². The number of hydrogen-bond donors (Lipinski definition) is 1. The van der Waals surface area contributed by atoms with E-state index in [0.29, 0.717) is 25.8 Å². The lowest BCUT2D eigenvalue weighted by atomic mass is 9.73. The number of aryl methyl sites for hydroxylation is 3. The first kappa shape index (κ1) is 18.6. The highest BCUT2D eigenvalue weighted by Gasteiger charge is 2.59. The van der Waals surface area contributed by atoms with Crippen molar-refractivity contribution in [3.05, 3.63) is 65.7 Å². The molecule has 1 aromatic carbocycles. The average molecular weight is 404 g/mol. The monoisotopic (exact) mass is 404 g/mol. The minimum Gasteiger partial charge on any atom is -0.334 e. The van der Waals surface area contributed by atoms with Crippen LogP contribution >= 0.6 is 0 Å². The highest BCUT2D eigenvalue weighted by molar-refractivity contribution is 6.07. The maximum Gasteiger partial charge on any atom is 0.237 e. The minimum atomic E-state index is -0.790. The quantitative estimate of drug-likeness (QED) is 0.720. The van der Waals surface area contributed by atoms with Gasteiger partial charge in [0.05, 0.1) is 12.2 Å². The summed E-state index contributed by atoms with van der Waals surface area (Å²) in [5, 5.41) is 11.5. The van der Waals surface area contributed by atoms with E-state index >= 15 is 0 Å². The van der Waals surface area contributed by atoms with E-state index in [0.717, 1.165) is 22.5 Å². The molecule has 3 aromatic rings. The number of aromatic nitrogens is 4. The molecule has 1 spiro atoms. The molecule has 154 valence electrons. The van der Waals surface area contributed by atoms with E-state index in [9.17, 15) is 9.59 Å². The number of hydrogen-bond acceptors (Lipinski definition) is 4. The minimum absolute atomic E-state index is 0.0408. The van der Waals surface area contributed by atoms with E-state index in [-0.39, 0.29) is 17.9 Å². The molecule has 2 aromatic heterocycles. The van der Waals surface area contributed by atoms with E-state index in [1.54, 1.807) is 21.8 Å². The fourth-order valence-corrected chi connectivity index (χ4v) is 5.03. The second-order valence-electron chi connectivity index (χ2n) is 8.10.